The molecule has 1 rings (SSSR count). The number of hydrogen-bond donors (Lipinski definition) is 1. The van der Waals surface area contributed by atoms with Gasteiger partial charge < -0.3 is 10.5 Å². The van der Waals surface area contributed by atoms with Crippen LogP contribution < -0.4 is 10.5 Å². The molecule has 0 heterocycles. The van der Waals surface area contributed by atoms with Gasteiger partial charge in [0.1, 0.15) is 6.04 Å². The molecule has 0 amide bonds. The van der Waals surface area contributed by atoms with Crippen LogP contribution in [0.25, 0.3) is 0 Å². The summed E-state index contributed by atoms with van der Waals surface area (Å²) in [7, 11) is 1.13. The lowest BCUT2D eigenvalue weighted by Crippen LogP contribution is -2.45. The Kier molecular flexibility index (Phi) is 3.80. The van der Waals surface area contributed by atoms with E-state index in [1.54, 1.807) is 0 Å². The van der Waals surface area contributed by atoms with Crippen LogP contribution in [0, 0.1) is 5.82 Å². The van der Waals surface area contributed by atoms with Crippen molar-refractivity contribution in [3.05, 3.63) is 29.6 Å². The van der Waals surface area contributed by atoms with E-state index in [2.05, 4.69) is 4.74 Å². The smallest absolute Gasteiger partial charge is 0.455 e. The topological polar surface area (TPSA) is 35.2 Å². The number of rotatable bonds is 3. The lowest BCUT2D eigenvalue weighted by molar-refractivity contribution is -0.291. The second kappa shape index (κ2) is 4.68. The molecule has 0 bridgehead atoms. The summed E-state index contributed by atoms with van der Waals surface area (Å²) in [6.45, 7) is 0. The predicted molar refractivity (Wildman–Crippen MR) is 50.9 cm³/mol. The zero-order valence-corrected chi connectivity index (χ0v) is 9.06. The Labute approximate surface area is 98.3 Å². The highest BCUT2D eigenvalue weighted by Gasteiger charge is 2.61. The molecule has 0 unspecified atom stereocenters. The predicted octanol–water partition coefficient (Wildman–Crippen LogP) is 3.03. The fraction of sp³-hybridized carbons (Fsp3) is 0.400. The second-order valence-electron chi connectivity index (χ2n) is 3.49. The summed E-state index contributed by atoms with van der Waals surface area (Å²) in [5, 5.41) is 0. The zero-order chi connectivity index (χ0) is 14.1. The molecule has 0 aliphatic carbocycles. The average molecular weight is 273 g/mol. The average Bonchev–Trinajstić information content (AvgIpc) is 2.26. The van der Waals surface area contributed by atoms with Gasteiger partial charge in [0.2, 0.25) is 0 Å². The number of benzene rings is 1. The number of halogens is 6. The number of methoxy groups -OCH3 is 1. The quantitative estimate of drug-likeness (QED) is 0.859. The number of alkyl halides is 5. The van der Waals surface area contributed by atoms with Crippen molar-refractivity contribution < 1.29 is 31.1 Å². The van der Waals surface area contributed by atoms with Crippen LogP contribution in [0.3, 0.4) is 0 Å². The third-order valence-corrected chi connectivity index (χ3v) is 2.30. The van der Waals surface area contributed by atoms with Gasteiger partial charge in [-0.3, -0.25) is 0 Å². The van der Waals surface area contributed by atoms with E-state index in [1.807, 2.05) is 0 Å². The van der Waals surface area contributed by atoms with Gasteiger partial charge in [0.05, 0.1) is 7.11 Å². The SMILES string of the molecule is COc1ccc([C@@H](N)C(F)(F)C(F)(F)F)cc1F. The molecule has 0 spiro atoms. The van der Waals surface area contributed by atoms with Crippen LogP contribution in [-0.4, -0.2) is 19.2 Å². The first-order valence-corrected chi connectivity index (χ1v) is 4.64. The van der Waals surface area contributed by atoms with Crippen LogP contribution in [0.1, 0.15) is 11.6 Å². The number of ether oxygens (including phenoxy) is 1. The monoisotopic (exact) mass is 273 g/mol. The van der Waals surface area contributed by atoms with E-state index in [1.165, 1.54) is 0 Å². The van der Waals surface area contributed by atoms with Crippen molar-refractivity contribution >= 4 is 0 Å². The molecule has 0 aromatic heterocycles. The van der Waals surface area contributed by atoms with Crippen LogP contribution in [0.5, 0.6) is 5.75 Å². The molecule has 2 N–H and O–H groups in total. The minimum Gasteiger partial charge on any atom is -0.494 e. The van der Waals surface area contributed by atoms with Crippen LogP contribution >= 0.6 is 0 Å². The molecule has 8 heteroatoms. The van der Waals surface area contributed by atoms with E-state index in [0.717, 1.165) is 19.2 Å². The molecule has 0 aliphatic rings. The Morgan fingerprint density at radius 3 is 2.11 bits per heavy atom. The Balaban J connectivity index is 3.12. The van der Waals surface area contributed by atoms with E-state index >= 15 is 0 Å². The highest BCUT2D eigenvalue weighted by atomic mass is 19.4. The Hall–Kier alpha value is -1.44. The molecular weight excluding hydrogens is 264 g/mol. The Morgan fingerprint density at radius 1 is 1.17 bits per heavy atom. The summed E-state index contributed by atoms with van der Waals surface area (Å²) in [5.74, 6) is -6.49. The molecule has 1 aromatic carbocycles. The second-order valence-corrected chi connectivity index (χ2v) is 3.49. The first kappa shape index (κ1) is 14.6. The largest absolute Gasteiger partial charge is 0.494 e. The molecular formula is C10H9F6NO. The van der Waals surface area contributed by atoms with Gasteiger partial charge in [0, 0.05) is 0 Å². The fourth-order valence-corrected chi connectivity index (χ4v) is 1.26. The van der Waals surface area contributed by atoms with Gasteiger partial charge >= 0.3 is 12.1 Å². The summed E-state index contributed by atoms with van der Waals surface area (Å²) in [6, 6.07) is -0.412. The van der Waals surface area contributed by atoms with E-state index in [0.29, 0.717) is 6.07 Å². The molecule has 1 atom stereocenters. The lowest BCUT2D eigenvalue weighted by atomic mass is 10.0. The highest BCUT2D eigenvalue weighted by Crippen LogP contribution is 2.43. The number of nitrogens with two attached hydrogens (primary N) is 1. The lowest BCUT2D eigenvalue weighted by Gasteiger charge is -2.26. The third-order valence-electron chi connectivity index (χ3n) is 2.30. The molecule has 0 saturated heterocycles. The maximum atomic E-state index is 13.2. The summed E-state index contributed by atoms with van der Waals surface area (Å²) < 4.78 is 79.7. The van der Waals surface area contributed by atoms with Crippen LogP contribution in [0.2, 0.25) is 0 Å². The van der Waals surface area contributed by atoms with Gasteiger partial charge in [-0.15, -0.1) is 0 Å². The van der Waals surface area contributed by atoms with Gasteiger partial charge in [-0.2, -0.15) is 22.0 Å². The van der Waals surface area contributed by atoms with Gasteiger partial charge in [-0.1, -0.05) is 6.07 Å². The minimum atomic E-state index is -5.80. The molecule has 0 fully saturated rings. The van der Waals surface area contributed by atoms with Crippen molar-refractivity contribution in [1.82, 2.24) is 0 Å². The third kappa shape index (κ3) is 2.53. The van der Waals surface area contributed by atoms with Gasteiger partial charge in [-0.05, 0) is 17.7 Å². The summed E-state index contributed by atoms with van der Waals surface area (Å²) in [5.41, 5.74) is 4.17. The minimum absolute atomic E-state index is 0.277. The molecule has 0 radical (unpaired) electrons. The molecule has 102 valence electrons. The van der Waals surface area contributed by atoms with Crippen molar-refractivity contribution in [2.45, 2.75) is 18.1 Å². The van der Waals surface area contributed by atoms with E-state index in [9.17, 15) is 26.3 Å². The van der Waals surface area contributed by atoms with E-state index < -0.39 is 29.5 Å². The van der Waals surface area contributed by atoms with Crippen molar-refractivity contribution in [2.24, 2.45) is 5.73 Å². The molecule has 1 aromatic rings. The summed E-state index contributed by atoms with van der Waals surface area (Å²) in [6.07, 6.45) is -5.80. The first-order chi connectivity index (χ1) is 8.11. The van der Waals surface area contributed by atoms with Crippen molar-refractivity contribution in [2.75, 3.05) is 7.11 Å². The standard InChI is InChI=1S/C10H9F6NO/c1-18-7-3-2-5(4-6(7)11)8(17)9(12,13)10(14,15)16/h2-4,8H,17H2,1H3/t8-/m1/s1. The maximum Gasteiger partial charge on any atom is 0.455 e. The van der Waals surface area contributed by atoms with Crippen molar-refractivity contribution in [3.8, 4) is 5.75 Å². The van der Waals surface area contributed by atoms with Crippen LogP contribution in [0.15, 0.2) is 18.2 Å². The maximum absolute atomic E-state index is 13.2. The fourth-order valence-electron chi connectivity index (χ4n) is 1.26. The molecule has 0 aliphatic heterocycles. The first-order valence-electron chi connectivity index (χ1n) is 4.64. The number of hydrogen-bond acceptors (Lipinski definition) is 2. The summed E-state index contributed by atoms with van der Waals surface area (Å²) in [4.78, 5) is 0. The van der Waals surface area contributed by atoms with Crippen LogP contribution in [0.4, 0.5) is 26.3 Å². The Morgan fingerprint density at radius 2 is 1.72 bits per heavy atom. The molecule has 18 heavy (non-hydrogen) atoms. The van der Waals surface area contributed by atoms with Gasteiger partial charge in [0.25, 0.3) is 0 Å². The zero-order valence-electron chi connectivity index (χ0n) is 9.06. The van der Waals surface area contributed by atoms with E-state index in [-0.39, 0.29) is 5.75 Å². The van der Waals surface area contributed by atoms with Gasteiger partial charge in [0.15, 0.2) is 11.6 Å². The van der Waals surface area contributed by atoms with Gasteiger partial charge in [-0.25, -0.2) is 4.39 Å². The normalized spacial score (nSPS) is 14.4. The highest BCUT2D eigenvalue weighted by molar-refractivity contribution is 5.32. The van der Waals surface area contributed by atoms with Crippen LogP contribution in [-0.2, 0) is 0 Å². The van der Waals surface area contributed by atoms with Crippen molar-refractivity contribution in [3.63, 3.8) is 0 Å². The molecule has 2 nitrogen and oxygen atoms in total. The van der Waals surface area contributed by atoms with E-state index in [4.69, 9.17) is 5.73 Å². The Bertz CT molecular complexity index is 431. The van der Waals surface area contributed by atoms with Crippen molar-refractivity contribution in [1.29, 1.82) is 0 Å². The summed E-state index contributed by atoms with van der Waals surface area (Å²) >= 11 is 0. The molecule has 0 saturated carbocycles.